The highest BCUT2D eigenvalue weighted by atomic mass is 32.2. The van der Waals surface area contributed by atoms with Crippen LogP contribution in [0.3, 0.4) is 0 Å². The van der Waals surface area contributed by atoms with E-state index in [1.165, 1.54) is 31.5 Å². The first-order chi connectivity index (χ1) is 12.3. The van der Waals surface area contributed by atoms with E-state index in [9.17, 15) is 13.2 Å². The quantitative estimate of drug-likeness (QED) is 0.841. The van der Waals surface area contributed by atoms with E-state index in [-0.39, 0.29) is 10.8 Å². The number of aryl methyl sites for hydroxylation is 1. The van der Waals surface area contributed by atoms with Crippen LogP contribution in [-0.2, 0) is 10.0 Å². The predicted octanol–water partition coefficient (Wildman–Crippen LogP) is 3.61. The van der Waals surface area contributed by atoms with Crippen molar-refractivity contribution < 1.29 is 13.2 Å². The third-order valence-corrected chi connectivity index (χ3v) is 7.32. The molecule has 0 radical (unpaired) electrons. The van der Waals surface area contributed by atoms with E-state index in [1.807, 2.05) is 6.92 Å². The van der Waals surface area contributed by atoms with Crippen molar-refractivity contribution in [1.82, 2.24) is 9.29 Å². The summed E-state index contributed by atoms with van der Waals surface area (Å²) in [5.74, 6) is -0.0121. The number of aromatic nitrogens is 1. The average Bonchev–Trinajstić information content (AvgIpc) is 3.26. The normalized spacial score (nSPS) is 15.5. The first-order valence-electron chi connectivity index (χ1n) is 8.59. The second-order valence-electron chi connectivity index (χ2n) is 6.75. The molecule has 0 atom stereocenters. The van der Waals surface area contributed by atoms with E-state index in [0.29, 0.717) is 16.6 Å². The van der Waals surface area contributed by atoms with Crippen LogP contribution in [0.15, 0.2) is 29.3 Å². The highest BCUT2D eigenvalue weighted by Gasteiger charge is 2.26. The lowest BCUT2D eigenvalue weighted by Crippen LogP contribution is -2.23. The van der Waals surface area contributed by atoms with Gasteiger partial charge in [0.2, 0.25) is 10.0 Å². The zero-order chi connectivity index (χ0) is 18.9. The number of carbonyl (C=O) groups is 1. The van der Waals surface area contributed by atoms with Crippen molar-refractivity contribution in [3.63, 3.8) is 0 Å². The SMILES string of the molecule is Cc1cnc(NC(=O)c2cc(S(=O)(=O)N(C)C)ccc2C2CCCC2)s1. The molecule has 1 N–H and O–H groups in total. The van der Waals surface area contributed by atoms with Crippen molar-refractivity contribution >= 4 is 32.4 Å². The van der Waals surface area contributed by atoms with Gasteiger partial charge in [-0.15, -0.1) is 11.3 Å². The van der Waals surface area contributed by atoms with Gasteiger partial charge in [0.05, 0.1) is 4.90 Å². The summed E-state index contributed by atoms with van der Waals surface area (Å²) in [5, 5.41) is 3.33. The summed E-state index contributed by atoms with van der Waals surface area (Å²) in [6.07, 6.45) is 6.02. The van der Waals surface area contributed by atoms with E-state index in [2.05, 4.69) is 10.3 Å². The van der Waals surface area contributed by atoms with Gasteiger partial charge in [-0.1, -0.05) is 18.9 Å². The maximum Gasteiger partial charge on any atom is 0.257 e. The van der Waals surface area contributed by atoms with E-state index in [0.717, 1.165) is 40.4 Å². The number of carbonyl (C=O) groups excluding carboxylic acids is 1. The number of rotatable bonds is 5. The van der Waals surface area contributed by atoms with Crippen molar-refractivity contribution in [3.05, 3.63) is 40.4 Å². The molecular formula is C18H23N3O3S2. The number of amides is 1. The van der Waals surface area contributed by atoms with Crippen molar-refractivity contribution in [3.8, 4) is 0 Å². The van der Waals surface area contributed by atoms with Crippen molar-refractivity contribution in [1.29, 1.82) is 0 Å². The molecule has 8 heteroatoms. The Bertz CT molecular complexity index is 914. The van der Waals surface area contributed by atoms with Gasteiger partial charge in [-0.3, -0.25) is 10.1 Å². The summed E-state index contributed by atoms with van der Waals surface area (Å²) in [7, 11) is -0.633. The van der Waals surface area contributed by atoms with Crippen molar-refractivity contribution in [2.75, 3.05) is 19.4 Å². The molecule has 0 spiro atoms. The second kappa shape index (κ2) is 7.46. The Morgan fingerprint density at radius 3 is 2.54 bits per heavy atom. The Morgan fingerprint density at radius 1 is 1.27 bits per heavy atom. The van der Waals surface area contributed by atoms with Gasteiger partial charge in [-0.2, -0.15) is 0 Å². The molecular weight excluding hydrogens is 370 g/mol. The number of anilines is 1. The molecule has 0 unspecified atom stereocenters. The van der Waals surface area contributed by atoms with Crippen LogP contribution in [0, 0.1) is 6.92 Å². The Balaban J connectivity index is 2.01. The minimum atomic E-state index is -3.60. The molecule has 26 heavy (non-hydrogen) atoms. The molecule has 1 aliphatic rings. The second-order valence-corrected chi connectivity index (χ2v) is 10.1. The molecule has 140 valence electrons. The van der Waals surface area contributed by atoms with Crippen LogP contribution in [0.1, 0.15) is 52.4 Å². The molecule has 0 saturated heterocycles. The minimum Gasteiger partial charge on any atom is -0.298 e. The first kappa shape index (κ1) is 19.0. The molecule has 1 heterocycles. The molecule has 0 aliphatic heterocycles. The summed E-state index contributed by atoms with van der Waals surface area (Å²) < 4.78 is 26.1. The summed E-state index contributed by atoms with van der Waals surface area (Å²) in [6.45, 7) is 1.92. The predicted molar refractivity (Wildman–Crippen MR) is 103 cm³/mol. The number of nitrogens with zero attached hydrogens (tertiary/aromatic N) is 2. The lowest BCUT2D eigenvalue weighted by Gasteiger charge is -2.18. The van der Waals surface area contributed by atoms with Gasteiger partial charge in [-0.05, 0) is 43.4 Å². The fraction of sp³-hybridized carbons (Fsp3) is 0.444. The van der Waals surface area contributed by atoms with Crippen LogP contribution in [0.5, 0.6) is 0 Å². The van der Waals surface area contributed by atoms with Crippen molar-refractivity contribution in [2.45, 2.75) is 43.4 Å². The third kappa shape index (κ3) is 3.82. The highest BCUT2D eigenvalue weighted by molar-refractivity contribution is 7.89. The van der Waals surface area contributed by atoms with E-state index in [1.54, 1.807) is 18.3 Å². The zero-order valence-electron chi connectivity index (χ0n) is 15.2. The number of sulfonamides is 1. The Hall–Kier alpha value is -1.77. The van der Waals surface area contributed by atoms with Gasteiger partial charge in [-0.25, -0.2) is 17.7 Å². The van der Waals surface area contributed by atoms with Crippen LogP contribution in [0.4, 0.5) is 5.13 Å². The topological polar surface area (TPSA) is 79.4 Å². The van der Waals surface area contributed by atoms with Crippen LogP contribution in [0.2, 0.25) is 0 Å². The van der Waals surface area contributed by atoms with Gasteiger partial charge in [0.25, 0.3) is 5.91 Å². The molecule has 1 aromatic carbocycles. The largest absolute Gasteiger partial charge is 0.298 e. The van der Waals surface area contributed by atoms with Gasteiger partial charge >= 0.3 is 0 Å². The van der Waals surface area contributed by atoms with Crippen molar-refractivity contribution in [2.24, 2.45) is 0 Å². The summed E-state index contributed by atoms with van der Waals surface area (Å²) >= 11 is 1.39. The Kier molecular flexibility index (Phi) is 5.45. The fourth-order valence-electron chi connectivity index (χ4n) is 3.27. The lowest BCUT2D eigenvalue weighted by molar-refractivity contribution is 0.102. The standard InChI is InChI=1S/C18H23N3O3S2/c1-12-11-19-18(25-12)20-17(22)16-10-14(26(23,24)21(2)3)8-9-15(16)13-6-4-5-7-13/h8-11,13H,4-7H2,1-3H3,(H,19,20,22). The van der Waals surface area contributed by atoms with Crippen LogP contribution >= 0.6 is 11.3 Å². The Labute approximate surface area is 158 Å². The molecule has 1 aromatic heterocycles. The van der Waals surface area contributed by atoms with Gasteiger partial charge in [0, 0.05) is 30.7 Å². The monoisotopic (exact) mass is 393 g/mol. The number of thiazole rings is 1. The molecule has 1 saturated carbocycles. The van der Waals surface area contributed by atoms with Gasteiger partial charge < -0.3 is 0 Å². The molecule has 0 bridgehead atoms. The van der Waals surface area contributed by atoms with Crippen LogP contribution in [-0.4, -0.2) is 37.7 Å². The molecule has 6 nitrogen and oxygen atoms in total. The van der Waals surface area contributed by atoms with Gasteiger partial charge in [0.1, 0.15) is 0 Å². The molecule has 1 amide bonds. The molecule has 1 aliphatic carbocycles. The van der Waals surface area contributed by atoms with E-state index >= 15 is 0 Å². The first-order valence-corrected chi connectivity index (χ1v) is 10.8. The maximum absolute atomic E-state index is 12.9. The lowest BCUT2D eigenvalue weighted by atomic mass is 9.92. The number of nitrogens with one attached hydrogen (secondary N) is 1. The number of hydrogen-bond donors (Lipinski definition) is 1. The number of hydrogen-bond acceptors (Lipinski definition) is 5. The maximum atomic E-state index is 12.9. The van der Waals surface area contributed by atoms with E-state index < -0.39 is 10.0 Å². The number of benzene rings is 1. The summed E-state index contributed by atoms with van der Waals surface area (Å²) in [4.78, 5) is 18.2. The molecule has 1 fully saturated rings. The van der Waals surface area contributed by atoms with Crippen LogP contribution < -0.4 is 5.32 Å². The average molecular weight is 394 g/mol. The zero-order valence-corrected chi connectivity index (χ0v) is 16.8. The van der Waals surface area contributed by atoms with E-state index in [4.69, 9.17) is 0 Å². The smallest absolute Gasteiger partial charge is 0.257 e. The highest BCUT2D eigenvalue weighted by Crippen LogP contribution is 2.37. The fourth-order valence-corrected chi connectivity index (χ4v) is 4.86. The van der Waals surface area contributed by atoms with Crippen LogP contribution in [0.25, 0.3) is 0 Å². The van der Waals surface area contributed by atoms with Gasteiger partial charge in [0.15, 0.2) is 5.13 Å². The molecule has 3 rings (SSSR count). The molecule has 2 aromatic rings. The Morgan fingerprint density at radius 2 is 1.96 bits per heavy atom. The minimum absolute atomic E-state index is 0.129. The third-order valence-electron chi connectivity index (χ3n) is 4.68. The summed E-state index contributed by atoms with van der Waals surface area (Å²) in [6, 6.07) is 4.90. The summed E-state index contributed by atoms with van der Waals surface area (Å²) in [5.41, 5.74) is 1.35.